The lowest BCUT2D eigenvalue weighted by atomic mass is 9.73. The van der Waals surface area contributed by atoms with Gasteiger partial charge in [0.2, 0.25) is 11.9 Å². The van der Waals surface area contributed by atoms with Crippen LogP contribution in [0.1, 0.15) is 53.9 Å². The Morgan fingerprint density at radius 3 is 2.56 bits per heavy atom. The number of nitrogens with one attached hydrogen (secondary N) is 2. The van der Waals surface area contributed by atoms with E-state index in [4.69, 9.17) is 4.98 Å². The number of hydrogen-bond acceptors (Lipinski definition) is 8. The van der Waals surface area contributed by atoms with E-state index in [0.29, 0.717) is 25.1 Å². The molecule has 1 aliphatic carbocycles. The Bertz CT molecular complexity index is 1450. The minimum absolute atomic E-state index is 0.0553. The summed E-state index contributed by atoms with van der Waals surface area (Å²) in [7, 11) is 0. The molecule has 0 radical (unpaired) electrons. The number of anilines is 2. The zero-order valence-corrected chi connectivity index (χ0v) is 21.9. The second kappa shape index (κ2) is 11.0. The molecule has 4 aromatic rings. The summed E-state index contributed by atoms with van der Waals surface area (Å²) in [6.45, 7) is 2.23. The zero-order valence-electron chi connectivity index (χ0n) is 21.1. The number of halogens is 3. The van der Waals surface area contributed by atoms with Gasteiger partial charge in [0.1, 0.15) is 22.4 Å². The van der Waals surface area contributed by atoms with Crippen molar-refractivity contribution in [1.29, 1.82) is 0 Å². The van der Waals surface area contributed by atoms with Gasteiger partial charge >= 0.3 is 6.18 Å². The summed E-state index contributed by atoms with van der Waals surface area (Å²) < 4.78 is 39.2. The Morgan fingerprint density at radius 1 is 1.05 bits per heavy atom. The van der Waals surface area contributed by atoms with Crippen molar-refractivity contribution >= 4 is 28.9 Å². The normalized spacial score (nSPS) is 15.1. The van der Waals surface area contributed by atoms with Crippen molar-refractivity contribution in [3.05, 3.63) is 77.2 Å². The minimum Gasteiger partial charge on any atom is -0.351 e. The van der Waals surface area contributed by atoms with Gasteiger partial charge in [-0.25, -0.2) is 24.9 Å². The summed E-state index contributed by atoms with van der Waals surface area (Å²) in [4.78, 5) is 34.7. The molecular weight excluding hydrogens is 527 g/mol. The van der Waals surface area contributed by atoms with Crippen LogP contribution in [0.2, 0.25) is 0 Å². The number of nitrogens with zero attached hydrogens (tertiary/aromatic N) is 5. The number of benzene rings is 1. The van der Waals surface area contributed by atoms with Crippen molar-refractivity contribution < 1.29 is 18.0 Å². The van der Waals surface area contributed by atoms with Crippen LogP contribution in [0.3, 0.4) is 0 Å². The van der Waals surface area contributed by atoms with E-state index < -0.39 is 17.3 Å². The number of hydrogen-bond donors (Lipinski definition) is 2. The summed E-state index contributed by atoms with van der Waals surface area (Å²) >= 11 is 1.47. The first kappa shape index (κ1) is 26.7. The molecule has 0 aliphatic heterocycles. The third-order valence-electron chi connectivity index (χ3n) is 6.69. The molecule has 8 nitrogen and oxygen atoms in total. The van der Waals surface area contributed by atoms with Crippen molar-refractivity contribution in [2.24, 2.45) is 0 Å². The van der Waals surface area contributed by atoms with Gasteiger partial charge in [0.25, 0.3) is 0 Å². The Kier molecular flexibility index (Phi) is 7.56. The molecule has 5 rings (SSSR count). The van der Waals surface area contributed by atoms with E-state index in [1.807, 2.05) is 19.1 Å². The molecular formula is C27H26F3N7OS. The van der Waals surface area contributed by atoms with Gasteiger partial charge in [-0.15, -0.1) is 11.3 Å². The topological polar surface area (TPSA) is 106 Å². The second-order valence-corrected chi connectivity index (χ2v) is 10.6. The predicted molar refractivity (Wildman–Crippen MR) is 141 cm³/mol. The molecule has 0 bridgehead atoms. The maximum absolute atomic E-state index is 13.6. The molecule has 1 saturated carbocycles. The van der Waals surface area contributed by atoms with Crippen LogP contribution in [0, 0.1) is 6.92 Å². The van der Waals surface area contributed by atoms with Crippen LogP contribution in [0.5, 0.6) is 0 Å². The standard InChI is InChI=1S/C27H26F3N7OS/c1-17-9-19(11-20(10-17)36-25-33-8-5-22(37-25)27(28,29)30)21-15-35-24(39-21)26(6-3-2-4-7-26)23(38)34-14-18-12-31-16-32-13-18/h5,8-13,15-16H,2-4,6-7,14H2,1H3,(H,34,38)(H,33,36,37). The van der Waals surface area contributed by atoms with Gasteiger partial charge in [-0.05, 0) is 49.1 Å². The van der Waals surface area contributed by atoms with E-state index in [9.17, 15) is 18.0 Å². The van der Waals surface area contributed by atoms with Crippen LogP contribution in [0.15, 0.2) is 55.4 Å². The molecule has 202 valence electrons. The van der Waals surface area contributed by atoms with Crippen molar-refractivity contribution in [1.82, 2.24) is 30.2 Å². The Labute approximate surface area is 227 Å². The van der Waals surface area contributed by atoms with Gasteiger partial charge in [0, 0.05) is 42.6 Å². The van der Waals surface area contributed by atoms with Crippen molar-refractivity contribution in [2.75, 3.05) is 5.32 Å². The van der Waals surface area contributed by atoms with Crippen LogP contribution >= 0.6 is 11.3 Å². The molecule has 1 fully saturated rings. The Hall–Kier alpha value is -3.93. The summed E-state index contributed by atoms with van der Waals surface area (Å²) in [6, 6.07) is 6.42. The lowest BCUT2D eigenvalue weighted by molar-refractivity contribution is -0.141. The molecule has 2 N–H and O–H groups in total. The molecule has 0 atom stereocenters. The van der Waals surface area contributed by atoms with E-state index in [0.717, 1.165) is 58.1 Å². The number of alkyl halides is 3. The molecule has 1 aliphatic rings. The maximum atomic E-state index is 13.6. The quantitative estimate of drug-likeness (QED) is 0.290. The van der Waals surface area contributed by atoms with Gasteiger partial charge in [-0.3, -0.25) is 4.79 Å². The molecule has 12 heteroatoms. The minimum atomic E-state index is -4.56. The Balaban J connectivity index is 1.40. The molecule has 0 unspecified atom stereocenters. The van der Waals surface area contributed by atoms with Crippen LogP contribution in [0.25, 0.3) is 10.4 Å². The number of thiazole rings is 1. The smallest absolute Gasteiger partial charge is 0.351 e. The van der Waals surface area contributed by atoms with Gasteiger partial charge in [0.15, 0.2) is 0 Å². The van der Waals surface area contributed by atoms with Gasteiger partial charge in [-0.1, -0.05) is 25.3 Å². The first-order valence-electron chi connectivity index (χ1n) is 12.5. The van der Waals surface area contributed by atoms with E-state index >= 15 is 0 Å². The number of carbonyl (C=O) groups is 1. The molecule has 1 aromatic carbocycles. The monoisotopic (exact) mass is 553 g/mol. The highest BCUT2D eigenvalue weighted by atomic mass is 32.1. The first-order valence-corrected chi connectivity index (χ1v) is 13.3. The van der Waals surface area contributed by atoms with E-state index in [-0.39, 0.29) is 11.9 Å². The highest BCUT2D eigenvalue weighted by Crippen LogP contribution is 2.43. The average Bonchev–Trinajstić information content (AvgIpc) is 3.43. The van der Waals surface area contributed by atoms with E-state index in [1.54, 1.807) is 24.7 Å². The Morgan fingerprint density at radius 2 is 1.82 bits per heavy atom. The molecule has 1 amide bonds. The fourth-order valence-corrected chi connectivity index (χ4v) is 5.95. The van der Waals surface area contributed by atoms with Crippen LogP contribution in [-0.2, 0) is 22.9 Å². The van der Waals surface area contributed by atoms with Crippen molar-refractivity contribution in [3.63, 3.8) is 0 Å². The number of aromatic nitrogens is 5. The summed E-state index contributed by atoms with van der Waals surface area (Å²) in [5.41, 5.74) is 1.37. The average molecular weight is 554 g/mol. The van der Waals surface area contributed by atoms with E-state index in [2.05, 4.69) is 30.6 Å². The van der Waals surface area contributed by atoms with E-state index in [1.165, 1.54) is 17.7 Å². The molecule has 3 aromatic heterocycles. The zero-order chi connectivity index (χ0) is 27.5. The van der Waals surface area contributed by atoms with Crippen LogP contribution in [0.4, 0.5) is 24.8 Å². The fourth-order valence-electron chi connectivity index (χ4n) is 4.80. The highest BCUT2D eigenvalue weighted by Gasteiger charge is 2.43. The molecule has 39 heavy (non-hydrogen) atoms. The van der Waals surface area contributed by atoms with Crippen molar-refractivity contribution in [3.8, 4) is 10.4 Å². The number of carbonyl (C=O) groups excluding carboxylic acids is 1. The van der Waals surface area contributed by atoms with Gasteiger partial charge in [0.05, 0.1) is 4.88 Å². The fraction of sp³-hybridized carbons (Fsp3) is 0.333. The molecule has 0 spiro atoms. The molecule has 3 heterocycles. The third kappa shape index (κ3) is 6.06. The number of amides is 1. The van der Waals surface area contributed by atoms with Gasteiger partial charge < -0.3 is 10.6 Å². The second-order valence-electron chi connectivity index (χ2n) is 9.58. The predicted octanol–water partition coefficient (Wildman–Crippen LogP) is 5.98. The number of rotatable bonds is 7. The lowest BCUT2D eigenvalue weighted by Crippen LogP contribution is -2.45. The maximum Gasteiger partial charge on any atom is 0.433 e. The summed E-state index contributed by atoms with van der Waals surface area (Å²) in [6.07, 6.45) is 7.44. The summed E-state index contributed by atoms with van der Waals surface area (Å²) in [5, 5.41) is 6.71. The third-order valence-corrected chi connectivity index (χ3v) is 7.94. The van der Waals surface area contributed by atoms with Crippen LogP contribution < -0.4 is 10.6 Å². The van der Waals surface area contributed by atoms with Crippen molar-refractivity contribution in [2.45, 2.75) is 57.2 Å². The highest BCUT2D eigenvalue weighted by molar-refractivity contribution is 7.15. The SMILES string of the molecule is Cc1cc(Nc2nccc(C(F)(F)F)n2)cc(-c2cnc(C3(C(=O)NCc4cncnc4)CCCCC3)s2)c1. The lowest BCUT2D eigenvalue weighted by Gasteiger charge is -2.34. The number of aryl methyl sites for hydroxylation is 1. The van der Waals surface area contributed by atoms with Gasteiger partial charge in [-0.2, -0.15) is 13.2 Å². The van der Waals surface area contributed by atoms with Crippen LogP contribution in [-0.4, -0.2) is 30.8 Å². The molecule has 0 saturated heterocycles. The summed E-state index contributed by atoms with van der Waals surface area (Å²) in [5.74, 6) is -0.201. The first-order chi connectivity index (χ1) is 18.7. The largest absolute Gasteiger partial charge is 0.433 e.